The van der Waals surface area contributed by atoms with E-state index < -0.39 is 5.82 Å². The van der Waals surface area contributed by atoms with Crippen LogP contribution in [0.15, 0.2) is 30.6 Å². The molecule has 1 aromatic carbocycles. The van der Waals surface area contributed by atoms with Crippen LogP contribution >= 0.6 is 0 Å². The summed E-state index contributed by atoms with van der Waals surface area (Å²) in [5.74, 6) is 1.55. The van der Waals surface area contributed by atoms with Crippen molar-refractivity contribution >= 4 is 0 Å². The zero-order chi connectivity index (χ0) is 24.0. The smallest absolute Gasteiger partial charge is 0.166 e. The lowest BCUT2D eigenvalue weighted by atomic mass is 9.82. The normalized spacial score (nSPS) is 17.9. The molecule has 0 bridgehead atoms. The molecule has 0 N–H and O–H groups in total. The number of nitrogens with zero attached hydrogens (tertiary/aromatic N) is 3. The van der Waals surface area contributed by atoms with E-state index in [-0.39, 0.29) is 5.75 Å². The van der Waals surface area contributed by atoms with Crippen LogP contribution in [0.1, 0.15) is 113 Å². The third-order valence-corrected chi connectivity index (χ3v) is 7.04. The van der Waals surface area contributed by atoms with Crippen LogP contribution in [-0.2, 0) is 6.42 Å². The number of aromatic nitrogens is 2. The Morgan fingerprint density at radius 3 is 2.21 bits per heavy atom. The van der Waals surface area contributed by atoms with Crippen molar-refractivity contribution in [2.75, 3.05) is 6.61 Å². The Balaban J connectivity index is 1.30. The summed E-state index contributed by atoms with van der Waals surface area (Å²) >= 11 is 0. The molecule has 1 aromatic heterocycles. The Bertz CT molecular complexity index is 885. The Morgan fingerprint density at radius 2 is 1.59 bits per heavy atom. The van der Waals surface area contributed by atoms with Gasteiger partial charge in [-0.05, 0) is 68.2 Å². The quantitative estimate of drug-likeness (QED) is 0.266. The maximum Gasteiger partial charge on any atom is 0.166 e. The summed E-state index contributed by atoms with van der Waals surface area (Å²) in [6, 6.07) is 6.30. The maximum atomic E-state index is 14.0. The number of nitriles is 1. The standard InChI is InChI=1S/C29H40FN3O/c1-2-3-4-5-6-7-8-9-10-11-25-20-32-29(33-21-25)26-15-12-23(13-16-26)22-34-28-17-14-24(19-31)18-27(28)30/h14,17-18,20-21,23,26H,2-13,15-16,22H2,1H3. The molecule has 0 spiro atoms. The van der Waals surface area contributed by atoms with E-state index in [9.17, 15) is 4.39 Å². The van der Waals surface area contributed by atoms with E-state index in [1.54, 1.807) is 12.1 Å². The van der Waals surface area contributed by atoms with Crippen LogP contribution in [0.2, 0.25) is 0 Å². The van der Waals surface area contributed by atoms with Gasteiger partial charge in [-0.1, -0.05) is 58.3 Å². The first-order valence-corrected chi connectivity index (χ1v) is 13.3. The van der Waals surface area contributed by atoms with Gasteiger partial charge in [-0.15, -0.1) is 0 Å². The zero-order valence-electron chi connectivity index (χ0n) is 20.8. The summed E-state index contributed by atoms with van der Waals surface area (Å²) in [6.45, 7) is 2.77. The minimum absolute atomic E-state index is 0.229. The molecule has 2 aromatic rings. The zero-order valence-corrected chi connectivity index (χ0v) is 20.8. The number of unbranched alkanes of at least 4 members (excludes halogenated alkanes) is 8. The van der Waals surface area contributed by atoms with Gasteiger partial charge in [0.1, 0.15) is 5.82 Å². The Kier molecular flexibility index (Phi) is 11.3. The van der Waals surface area contributed by atoms with Crippen molar-refractivity contribution in [3.63, 3.8) is 0 Å². The van der Waals surface area contributed by atoms with E-state index >= 15 is 0 Å². The van der Waals surface area contributed by atoms with Crippen molar-refractivity contribution in [2.24, 2.45) is 5.92 Å². The Labute approximate surface area is 205 Å². The fraction of sp³-hybridized carbons (Fsp3) is 0.621. The molecule has 0 radical (unpaired) electrons. The largest absolute Gasteiger partial charge is 0.490 e. The second-order valence-corrected chi connectivity index (χ2v) is 9.81. The first kappa shape index (κ1) is 26.1. The van der Waals surface area contributed by atoms with Gasteiger partial charge in [0.15, 0.2) is 11.6 Å². The first-order valence-electron chi connectivity index (χ1n) is 13.3. The van der Waals surface area contributed by atoms with E-state index in [1.165, 1.54) is 69.4 Å². The number of benzene rings is 1. The number of ether oxygens (including phenoxy) is 1. The van der Waals surface area contributed by atoms with Crippen molar-refractivity contribution in [1.82, 2.24) is 9.97 Å². The average Bonchev–Trinajstić information content (AvgIpc) is 2.87. The summed E-state index contributed by atoms with van der Waals surface area (Å²) in [4.78, 5) is 9.37. The molecule has 184 valence electrons. The van der Waals surface area contributed by atoms with E-state index in [4.69, 9.17) is 10.00 Å². The van der Waals surface area contributed by atoms with Crippen molar-refractivity contribution in [1.29, 1.82) is 5.26 Å². The van der Waals surface area contributed by atoms with Gasteiger partial charge >= 0.3 is 0 Å². The summed E-state index contributed by atoms with van der Waals surface area (Å²) in [5.41, 5.74) is 1.56. The third-order valence-electron chi connectivity index (χ3n) is 7.04. The molecule has 0 saturated heterocycles. The molecular formula is C29H40FN3O. The minimum Gasteiger partial charge on any atom is -0.490 e. The van der Waals surface area contributed by atoms with Gasteiger partial charge in [-0.25, -0.2) is 14.4 Å². The number of hydrogen-bond acceptors (Lipinski definition) is 4. The highest BCUT2D eigenvalue weighted by Crippen LogP contribution is 2.34. The van der Waals surface area contributed by atoms with Crippen LogP contribution < -0.4 is 4.74 Å². The van der Waals surface area contributed by atoms with Crippen molar-refractivity contribution in [3.8, 4) is 11.8 Å². The predicted octanol–water partition coefficient (Wildman–Crippen LogP) is 7.91. The molecule has 5 heteroatoms. The van der Waals surface area contributed by atoms with Gasteiger partial charge in [-0.3, -0.25) is 0 Å². The van der Waals surface area contributed by atoms with Gasteiger partial charge in [0.25, 0.3) is 0 Å². The molecule has 1 aliphatic carbocycles. The van der Waals surface area contributed by atoms with Crippen LogP contribution in [-0.4, -0.2) is 16.6 Å². The maximum absolute atomic E-state index is 14.0. The molecule has 1 aliphatic rings. The molecule has 4 nitrogen and oxygen atoms in total. The van der Waals surface area contributed by atoms with E-state index in [1.807, 2.05) is 18.5 Å². The SMILES string of the molecule is CCCCCCCCCCCc1cnc(C2CCC(COc3ccc(C#N)cc3F)CC2)nc1. The summed E-state index contributed by atoms with van der Waals surface area (Å²) in [5, 5.41) is 8.85. The average molecular weight is 466 g/mol. The molecule has 1 heterocycles. The molecule has 0 unspecified atom stereocenters. The molecule has 1 saturated carbocycles. The molecule has 34 heavy (non-hydrogen) atoms. The number of halogens is 1. The highest BCUT2D eigenvalue weighted by molar-refractivity contribution is 5.36. The topological polar surface area (TPSA) is 58.8 Å². The van der Waals surface area contributed by atoms with E-state index in [0.29, 0.717) is 24.0 Å². The number of hydrogen-bond donors (Lipinski definition) is 0. The van der Waals surface area contributed by atoms with Crippen molar-refractivity contribution in [2.45, 2.75) is 103 Å². The van der Waals surface area contributed by atoms with Crippen LogP contribution in [0.4, 0.5) is 4.39 Å². The number of aryl methyl sites for hydroxylation is 1. The lowest BCUT2D eigenvalue weighted by molar-refractivity contribution is 0.192. The van der Waals surface area contributed by atoms with Gasteiger partial charge in [0.05, 0.1) is 18.2 Å². The van der Waals surface area contributed by atoms with Crippen LogP contribution in [0.25, 0.3) is 0 Å². The monoisotopic (exact) mass is 465 g/mol. The van der Waals surface area contributed by atoms with Crippen LogP contribution in [0.5, 0.6) is 5.75 Å². The lowest BCUT2D eigenvalue weighted by Gasteiger charge is -2.27. The third kappa shape index (κ3) is 8.70. The second kappa shape index (κ2) is 14.7. The fourth-order valence-electron chi connectivity index (χ4n) is 4.83. The van der Waals surface area contributed by atoms with Crippen LogP contribution in [0, 0.1) is 23.1 Å². The van der Waals surface area contributed by atoms with Gasteiger partial charge in [-0.2, -0.15) is 5.26 Å². The molecule has 0 atom stereocenters. The van der Waals surface area contributed by atoms with E-state index in [2.05, 4.69) is 16.9 Å². The Hall–Kier alpha value is -2.48. The molecule has 1 fully saturated rings. The van der Waals surface area contributed by atoms with Crippen molar-refractivity contribution in [3.05, 3.63) is 53.4 Å². The summed E-state index contributed by atoms with van der Waals surface area (Å²) in [6.07, 6.45) is 21.4. The predicted molar refractivity (Wildman–Crippen MR) is 134 cm³/mol. The second-order valence-electron chi connectivity index (χ2n) is 9.81. The summed E-state index contributed by atoms with van der Waals surface area (Å²) in [7, 11) is 0. The van der Waals surface area contributed by atoms with Gasteiger partial charge in [0.2, 0.25) is 0 Å². The minimum atomic E-state index is -0.469. The molecule has 0 amide bonds. The first-order chi connectivity index (χ1) is 16.7. The molecule has 0 aliphatic heterocycles. The van der Waals surface area contributed by atoms with E-state index in [0.717, 1.165) is 37.9 Å². The van der Waals surface area contributed by atoms with Gasteiger partial charge in [0, 0.05) is 18.3 Å². The highest BCUT2D eigenvalue weighted by Gasteiger charge is 2.25. The Morgan fingerprint density at radius 1 is 0.941 bits per heavy atom. The van der Waals surface area contributed by atoms with Crippen molar-refractivity contribution < 1.29 is 9.13 Å². The summed E-state index contributed by atoms with van der Waals surface area (Å²) < 4.78 is 19.7. The molecular weight excluding hydrogens is 425 g/mol. The van der Waals surface area contributed by atoms with Gasteiger partial charge < -0.3 is 4.74 Å². The molecule has 3 rings (SSSR count). The highest BCUT2D eigenvalue weighted by atomic mass is 19.1. The lowest BCUT2D eigenvalue weighted by Crippen LogP contribution is -2.20. The van der Waals surface area contributed by atoms with Crippen LogP contribution in [0.3, 0.4) is 0 Å². The fourth-order valence-corrected chi connectivity index (χ4v) is 4.83. The number of rotatable bonds is 14.